The predicted octanol–water partition coefficient (Wildman–Crippen LogP) is 4.53. The molecule has 152 valence electrons. The van der Waals surface area contributed by atoms with Crippen molar-refractivity contribution in [3.05, 3.63) is 88.9 Å². The molecule has 2 aromatic carbocycles. The van der Waals surface area contributed by atoms with Crippen LogP contribution < -0.4 is 9.64 Å². The Labute approximate surface area is 174 Å². The Kier molecular flexibility index (Phi) is 4.91. The Balaban J connectivity index is 1.92. The monoisotopic (exact) mass is 403 g/mol. The SMILES string of the molecule is COc1cccc(N2C(=O)C(=O)/C(=C(\O)c3ccc(C)c(C)c3)C2c2ccco2)c1. The number of amides is 1. The number of methoxy groups -OCH3 is 1. The largest absolute Gasteiger partial charge is 0.507 e. The number of ether oxygens (including phenoxy) is 1. The molecule has 1 aromatic heterocycles. The van der Waals surface area contributed by atoms with E-state index in [9.17, 15) is 14.7 Å². The minimum Gasteiger partial charge on any atom is -0.507 e. The second kappa shape index (κ2) is 7.55. The molecular weight excluding hydrogens is 382 g/mol. The van der Waals surface area contributed by atoms with Crippen molar-refractivity contribution in [3.8, 4) is 5.75 Å². The lowest BCUT2D eigenvalue weighted by Gasteiger charge is -2.23. The fourth-order valence-corrected chi connectivity index (χ4v) is 3.62. The summed E-state index contributed by atoms with van der Waals surface area (Å²) in [7, 11) is 1.52. The molecule has 1 amide bonds. The van der Waals surface area contributed by atoms with Gasteiger partial charge in [0.05, 0.1) is 18.9 Å². The summed E-state index contributed by atoms with van der Waals surface area (Å²) < 4.78 is 10.8. The van der Waals surface area contributed by atoms with E-state index < -0.39 is 17.7 Å². The van der Waals surface area contributed by atoms with E-state index in [4.69, 9.17) is 9.15 Å². The quantitative estimate of drug-likeness (QED) is 0.393. The van der Waals surface area contributed by atoms with Gasteiger partial charge in [-0.15, -0.1) is 0 Å². The second-order valence-corrected chi connectivity index (χ2v) is 7.19. The predicted molar refractivity (Wildman–Crippen MR) is 112 cm³/mol. The van der Waals surface area contributed by atoms with Crippen molar-refractivity contribution in [2.45, 2.75) is 19.9 Å². The second-order valence-electron chi connectivity index (χ2n) is 7.19. The van der Waals surface area contributed by atoms with Crippen molar-refractivity contribution in [2.75, 3.05) is 12.0 Å². The maximum atomic E-state index is 13.0. The van der Waals surface area contributed by atoms with Crippen LogP contribution in [0, 0.1) is 13.8 Å². The summed E-state index contributed by atoms with van der Waals surface area (Å²) in [4.78, 5) is 27.4. The number of hydrogen-bond donors (Lipinski definition) is 1. The van der Waals surface area contributed by atoms with Gasteiger partial charge < -0.3 is 14.3 Å². The molecule has 1 aliphatic heterocycles. The average molecular weight is 403 g/mol. The molecule has 0 aliphatic carbocycles. The number of nitrogens with zero attached hydrogens (tertiary/aromatic N) is 1. The summed E-state index contributed by atoms with van der Waals surface area (Å²) in [5, 5.41) is 11.1. The lowest BCUT2D eigenvalue weighted by atomic mass is 9.97. The van der Waals surface area contributed by atoms with Gasteiger partial charge in [-0.05, 0) is 55.3 Å². The van der Waals surface area contributed by atoms with Crippen molar-refractivity contribution in [3.63, 3.8) is 0 Å². The highest BCUT2D eigenvalue weighted by Crippen LogP contribution is 2.43. The van der Waals surface area contributed by atoms with Gasteiger partial charge in [0.1, 0.15) is 23.3 Å². The first-order valence-electron chi connectivity index (χ1n) is 9.48. The molecule has 6 nitrogen and oxygen atoms in total. The maximum absolute atomic E-state index is 13.0. The number of hydrogen-bond acceptors (Lipinski definition) is 5. The van der Waals surface area contributed by atoms with Crippen LogP contribution in [0.4, 0.5) is 5.69 Å². The molecule has 0 spiro atoms. The first-order chi connectivity index (χ1) is 14.4. The number of ketones is 1. The maximum Gasteiger partial charge on any atom is 0.300 e. The first kappa shape index (κ1) is 19.5. The van der Waals surface area contributed by atoms with E-state index in [0.717, 1.165) is 11.1 Å². The molecule has 0 bridgehead atoms. The van der Waals surface area contributed by atoms with Gasteiger partial charge in [-0.1, -0.05) is 18.2 Å². The fraction of sp³-hybridized carbons (Fsp3) is 0.167. The summed E-state index contributed by atoms with van der Waals surface area (Å²) >= 11 is 0. The van der Waals surface area contributed by atoms with Crippen LogP contribution in [0.1, 0.15) is 28.5 Å². The Hall–Kier alpha value is -3.80. The zero-order valence-electron chi connectivity index (χ0n) is 16.9. The standard InChI is InChI=1S/C24H21NO5/c1-14-9-10-16(12-15(14)2)22(26)20-21(19-8-5-11-30-19)25(24(28)23(20)27)17-6-4-7-18(13-17)29-3/h4-13,21,26H,1-3H3/b22-20-. The van der Waals surface area contributed by atoms with Crippen LogP contribution in [0.3, 0.4) is 0 Å². The first-order valence-corrected chi connectivity index (χ1v) is 9.48. The smallest absolute Gasteiger partial charge is 0.300 e. The molecule has 1 atom stereocenters. The zero-order valence-corrected chi connectivity index (χ0v) is 16.9. The van der Waals surface area contributed by atoms with Gasteiger partial charge in [-0.25, -0.2) is 0 Å². The lowest BCUT2D eigenvalue weighted by molar-refractivity contribution is -0.132. The van der Waals surface area contributed by atoms with Crippen LogP contribution in [-0.4, -0.2) is 23.9 Å². The van der Waals surface area contributed by atoms with Crippen molar-refractivity contribution < 1.29 is 23.8 Å². The van der Waals surface area contributed by atoms with Gasteiger partial charge in [-0.3, -0.25) is 14.5 Å². The Morgan fingerprint density at radius 3 is 2.50 bits per heavy atom. The molecule has 1 aliphatic rings. The number of aryl methyl sites for hydroxylation is 2. The van der Waals surface area contributed by atoms with Crippen molar-refractivity contribution in [1.29, 1.82) is 0 Å². The van der Waals surface area contributed by atoms with E-state index in [0.29, 0.717) is 22.8 Å². The molecule has 0 saturated carbocycles. The third-order valence-corrected chi connectivity index (χ3v) is 5.37. The highest BCUT2D eigenvalue weighted by atomic mass is 16.5. The Bertz CT molecular complexity index is 1160. The fourth-order valence-electron chi connectivity index (χ4n) is 3.62. The number of rotatable bonds is 4. The average Bonchev–Trinajstić information content (AvgIpc) is 3.37. The molecule has 1 fully saturated rings. The Morgan fingerprint density at radius 1 is 1.03 bits per heavy atom. The van der Waals surface area contributed by atoms with Gasteiger partial charge >= 0.3 is 0 Å². The van der Waals surface area contributed by atoms with Crippen LogP contribution in [0.15, 0.2) is 70.9 Å². The Morgan fingerprint density at radius 2 is 1.83 bits per heavy atom. The van der Waals surface area contributed by atoms with Crippen LogP contribution in [0.5, 0.6) is 5.75 Å². The van der Waals surface area contributed by atoms with Crippen LogP contribution >= 0.6 is 0 Å². The van der Waals surface area contributed by atoms with E-state index in [1.165, 1.54) is 18.3 Å². The summed E-state index contributed by atoms with van der Waals surface area (Å²) in [6.45, 7) is 3.88. The van der Waals surface area contributed by atoms with Gasteiger partial charge in [0, 0.05) is 17.3 Å². The summed E-state index contributed by atoms with van der Waals surface area (Å²) in [5.74, 6) is -0.822. The number of carbonyl (C=O) groups is 2. The topological polar surface area (TPSA) is 80.0 Å². The van der Waals surface area contributed by atoms with E-state index in [1.54, 1.807) is 48.5 Å². The molecule has 6 heteroatoms. The number of furan rings is 1. The third kappa shape index (κ3) is 3.16. The summed E-state index contributed by atoms with van der Waals surface area (Å²) in [6, 6.07) is 14.7. The normalized spacial score (nSPS) is 18.1. The van der Waals surface area contributed by atoms with Crippen molar-refractivity contribution >= 4 is 23.1 Å². The number of carbonyl (C=O) groups excluding carboxylic acids is 2. The van der Waals surface area contributed by atoms with Gasteiger partial charge in [-0.2, -0.15) is 0 Å². The summed E-state index contributed by atoms with van der Waals surface area (Å²) in [5.41, 5.74) is 2.96. The number of benzene rings is 2. The third-order valence-electron chi connectivity index (χ3n) is 5.37. The van der Waals surface area contributed by atoms with Crippen molar-refractivity contribution in [2.24, 2.45) is 0 Å². The van der Waals surface area contributed by atoms with E-state index in [2.05, 4.69) is 0 Å². The lowest BCUT2D eigenvalue weighted by Crippen LogP contribution is -2.29. The molecular formula is C24H21NO5. The van der Waals surface area contributed by atoms with Gasteiger partial charge in [0.2, 0.25) is 0 Å². The number of Topliss-reactive ketones (excluding diaryl/α,β-unsaturated/α-hetero) is 1. The van der Waals surface area contributed by atoms with Crippen LogP contribution in [-0.2, 0) is 9.59 Å². The summed E-state index contributed by atoms with van der Waals surface area (Å²) in [6.07, 6.45) is 1.47. The molecule has 2 heterocycles. The van der Waals surface area contributed by atoms with Gasteiger partial charge in [0.25, 0.3) is 11.7 Å². The van der Waals surface area contributed by atoms with E-state index in [-0.39, 0.29) is 11.3 Å². The molecule has 1 saturated heterocycles. The molecule has 30 heavy (non-hydrogen) atoms. The zero-order chi connectivity index (χ0) is 21.4. The minimum absolute atomic E-state index is 0.0129. The molecule has 1 N–H and O–H groups in total. The molecule has 0 radical (unpaired) electrons. The molecule has 3 aromatic rings. The van der Waals surface area contributed by atoms with Crippen LogP contribution in [0.2, 0.25) is 0 Å². The number of aliphatic hydroxyl groups excluding tert-OH is 1. The van der Waals surface area contributed by atoms with Crippen molar-refractivity contribution in [1.82, 2.24) is 0 Å². The minimum atomic E-state index is -0.895. The van der Waals surface area contributed by atoms with Crippen LogP contribution in [0.25, 0.3) is 5.76 Å². The molecule has 1 unspecified atom stereocenters. The molecule has 4 rings (SSSR count). The van der Waals surface area contributed by atoms with Gasteiger partial charge in [0.15, 0.2) is 0 Å². The van der Waals surface area contributed by atoms with E-state index in [1.807, 2.05) is 19.9 Å². The highest BCUT2D eigenvalue weighted by Gasteiger charge is 2.48. The highest BCUT2D eigenvalue weighted by molar-refractivity contribution is 6.51. The number of aliphatic hydroxyl groups is 1. The van der Waals surface area contributed by atoms with E-state index >= 15 is 0 Å². The number of anilines is 1.